The Morgan fingerprint density at radius 2 is 1.67 bits per heavy atom. The number of hydrogen-bond acceptors (Lipinski definition) is 9. The van der Waals surface area contributed by atoms with E-state index >= 15 is 0 Å². The number of nitrogens with zero attached hydrogens (tertiary/aromatic N) is 3. The van der Waals surface area contributed by atoms with E-state index < -0.39 is 62.0 Å². The number of imide groups is 2. The summed E-state index contributed by atoms with van der Waals surface area (Å²) in [7, 11) is 4.02. The van der Waals surface area contributed by atoms with Crippen molar-refractivity contribution in [3.8, 4) is 17.2 Å². The van der Waals surface area contributed by atoms with Crippen LogP contribution in [0, 0.1) is 27.9 Å². The lowest BCUT2D eigenvalue weighted by Gasteiger charge is -2.51. The van der Waals surface area contributed by atoms with Gasteiger partial charge in [-0.3, -0.25) is 39.1 Å². The molecule has 0 spiro atoms. The first-order chi connectivity index (χ1) is 20.3. The summed E-state index contributed by atoms with van der Waals surface area (Å²) in [5, 5.41) is 22.4. The molecule has 1 saturated carbocycles. The highest BCUT2D eigenvalue weighted by molar-refractivity contribution is 6.53. The van der Waals surface area contributed by atoms with Crippen molar-refractivity contribution in [2.75, 3.05) is 26.2 Å². The number of non-ortho nitro benzene ring substituents is 1. The van der Waals surface area contributed by atoms with Crippen molar-refractivity contribution in [2.24, 2.45) is 17.8 Å². The summed E-state index contributed by atoms with van der Waals surface area (Å²) in [4.78, 5) is 63.3. The van der Waals surface area contributed by atoms with E-state index in [1.165, 1.54) is 57.7 Å². The predicted molar refractivity (Wildman–Crippen MR) is 152 cm³/mol. The number of carbonyl (C=O) groups is 4. The molecular formula is C29H25Cl2N3O9. The van der Waals surface area contributed by atoms with Gasteiger partial charge in [0.1, 0.15) is 17.2 Å². The van der Waals surface area contributed by atoms with Crippen LogP contribution in [0.5, 0.6) is 17.2 Å². The van der Waals surface area contributed by atoms with Gasteiger partial charge in [0.05, 0.1) is 36.7 Å². The summed E-state index contributed by atoms with van der Waals surface area (Å²) < 4.78 is 10.8. The molecule has 3 fully saturated rings. The van der Waals surface area contributed by atoms with Crippen molar-refractivity contribution in [3.05, 3.63) is 63.7 Å². The zero-order chi connectivity index (χ0) is 31.2. The molecule has 14 heteroatoms. The molecule has 2 aliphatic heterocycles. The predicted octanol–water partition coefficient (Wildman–Crippen LogP) is 3.51. The highest BCUT2D eigenvalue weighted by atomic mass is 35.5. The smallest absolute Gasteiger partial charge is 0.269 e. The second kappa shape index (κ2) is 9.68. The lowest BCUT2D eigenvalue weighted by Crippen LogP contribution is -2.60. The highest BCUT2D eigenvalue weighted by Crippen LogP contribution is 2.67. The number of likely N-dealkylation sites (tertiary alicyclic amines) is 1. The molecule has 2 heterocycles. The summed E-state index contributed by atoms with van der Waals surface area (Å²) in [6.07, 6.45) is 1.59. The number of ether oxygens (including phenoxy) is 2. The van der Waals surface area contributed by atoms with Gasteiger partial charge in [-0.25, -0.2) is 0 Å². The van der Waals surface area contributed by atoms with Crippen LogP contribution in [0.2, 0.25) is 0 Å². The number of benzene rings is 2. The number of allylic oxidation sites excluding steroid dienone is 2. The maximum Gasteiger partial charge on any atom is 0.269 e. The number of halogens is 2. The van der Waals surface area contributed by atoms with Crippen LogP contribution in [0.25, 0.3) is 0 Å². The number of phenolic OH excluding ortho intramolecular Hbond substituents is 1. The summed E-state index contributed by atoms with van der Waals surface area (Å²) in [5.41, 5.74) is 0.508. The molecule has 0 bridgehead atoms. The van der Waals surface area contributed by atoms with Crippen molar-refractivity contribution in [1.29, 1.82) is 0 Å². The van der Waals surface area contributed by atoms with Crippen LogP contribution in [0.4, 0.5) is 11.4 Å². The fourth-order valence-corrected chi connectivity index (χ4v) is 8.21. The number of amides is 4. The van der Waals surface area contributed by atoms with Crippen molar-refractivity contribution < 1.29 is 38.7 Å². The zero-order valence-electron chi connectivity index (χ0n) is 23.1. The summed E-state index contributed by atoms with van der Waals surface area (Å²) >= 11 is 14.3. The Morgan fingerprint density at radius 3 is 2.28 bits per heavy atom. The molecule has 224 valence electrons. The lowest BCUT2D eigenvalue weighted by molar-refractivity contribution is -0.384. The standard InChI is InChI=1S/C29H25Cl2N3O9/c1-32-26(38)28(30)12-18-16(23(29(28,31)27(32)39)22-19(35)10-15(42-2)11-20(22)43-3)8-9-17-21(18)25(37)33(24(17)36)13-4-6-14(7-5-13)34(40)41/h4-8,10-11,17-18,21,23,35H,9,12H2,1-3H3. The minimum Gasteiger partial charge on any atom is -0.507 e. The SMILES string of the molecule is COc1cc(O)c(C2C3=CCC4C(=O)N(c5ccc([N+](=O)[O-])cc5)C(=O)C4C3CC3(Cl)C(=O)N(C)C(=O)C23Cl)c(OC)c1. The molecule has 4 aliphatic rings. The van der Waals surface area contributed by atoms with Crippen LogP contribution in [-0.2, 0) is 19.2 Å². The zero-order valence-corrected chi connectivity index (χ0v) is 24.6. The van der Waals surface area contributed by atoms with Crippen molar-refractivity contribution in [1.82, 2.24) is 4.90 Å². The van der Waals surface area contributed by atoms with E-state index in [0.717, 1.165) is 9.80 Å². The number of carbonyl (C=O) groups excluding carboxylic acids is 4. The van der Waals surface area contributed by atoms with Crippen LogP contribution in [0.15, 0.2) is 48.0 Å². The Labute approximate surface area is 254 Å². The van der Waals surface area contributed by atoms with E-state index in [2.05, 4.69) is 0 Å². The molecule has 2 aromatic carbocycles. The average Bonchev–Trinajstić information content (AvgIpc) is 3.32. The van der Waals surface area contributed by atoms with Gasteiger partial charge in [0.25, 0.3) is 17.5 Å². The number of anilines is 1. The van der Waals surface area contributed by atoms with E-state index in [1.807, 2.05) is 0 Å². The van der Waals surface area contributed by atoms with Gasteiger partial charge in [-0.2, -0.15) is 0 Å². The molecule has 1 N–H and O–H groups in total. The summed E-state index contributed by atoms with van der Waals surface area (Å²) in [6.45, 7) is 0. The van der Waals surface area contributed by atoms with Crippen molar-refractivity contribution in [3.63, 3.8) is 0 Å². The average molecular weight is 630 g/mol. The summed E-state index contributed by atoms with van der Waals surface area (Å²) in [6, 6.07) is 7.85. The number of nitro groups is 1. The minimum absolute atomic E-state index is 0.0816. The number of nitro benzene ring substituents is 1. The van der Waals surface area contributed by atoms with E-state index in [-0.39, 0.29) is 47.0 Å². The molecular weight excluding hydrogens is 605 g/mol. The molecule has 6 unspecified atom stereocenters. The molecule has 6 rings (SSSR count). The van der Waals surface area contributed by atoms with Gasteiger partial charge in [-0.05, 0) is 30.9 Å². The third-order valence-electron chi connectivity index (χ3n) is 9.17. The third-order valence-corrected chi connectivity index (χ3v) is 10.6. The number of rotatable bonds is 5. The second-order valence-electron chi connectivity index (χ2n) is 11.0. The molecule has 0 aromatic heterocycles. The van der Waals surface area contributed by atoms with Gasteiger partial charge in [0.15, 0.2) is 9.75 Å². The molecule has 43 heavy (non-hydrogen) atoms. The quantitative estimate of drug-likeness (QED) is 0.172. The van der Waals surface area contributed by atoms with Gasteiger partial charge in [0.2, 0.25) is 11.8 Å². The van der Waals surface area contributed by atoms with E-state index in [0.29, 0.717) is 5.57 Å². The lowest BCUT2D eigenvalue weighted by atomic mass is 9.56. The largest absolute Gasteiger partial charge is 0.507 e. The third kappa shape index (κ3) is 3.69. The first kappa shape index (κ1) is 28.9. The van der Waals surface area contributed by atoms with Crippen molar-refractivity contribution in [2.45, 2.75) is 28.5 Å². The van der Waals surface area contributed by atoms with E-state index in [4.69, 9.17) is 32.7 Å². The topological polar surface area (TPSA) is 157 Å². The van der Waals surface area contributed by atoms with Gasteiger partial charge in [0, 0.05) is 42.8 Å². The van der Waals surface area contributed by atoms with Gasteiger partial charge in [-0.15, -0.1) is 23.2 Å². The first-order valence-corrected chi connectivity index (χ1v) is 14.0. The molecule has 2 aliphatic carbocycles. The Kier molecular flexibility index (Phi) is 6.51. The summed E-state index contributed by atoms with van der Waals surface area (Å²) in [5.74, 6) is -6.46. The monoisotopic (exact) mass is 629 g/mol. The van der Waals surface area contributed by atoms with Crippen LogP contribution in [0.1, 0.15) is 24.3 Å². The molecule has 0 radical (unpaired) electrons. The Balaban J connectivity index is 1.52. The maximum absolute atomic E-state index is 14.0. The van der Waals surface area contributed by atoms with Crippen LogP contribution < -0.4 is 14.4 Å². The molecule has 12 nitrogen and oxygen atoms in total. The first-order valence-electron chi connectivity index (χ1n) is 13.3. The van der Waals surface area contributed by atoms with Crippen molar-refractivity contribution >= 4 is 58.2 Å². The van der Waals surface area contributed by atoms with Gasteiger partial charge in [-0.1, -0.05) is 11.6 Å². The van der Waals surface area contributed by atoms with E-state index in [1.54, 1.807) is 6.08 Å². The molecule has 6 atom stereocenters. The fourth-order valence-electron chi connectivity index (χ4n) is 7.20. The number of phenols is 1. The van der Waals surface area contributed by atoms with Crippen LogP contribution in [0.3, 0.4) is 0 Å². The molecule has 2 aromatic rings. The van der Waals surface area contributed by atoms with Crippen LogP contribution in [-0.4, -0.2) is 69.6 Å². The van der Waals surface area contributed by atoms with E-state index in [9.17, 15) is 34.4 Å². The molecule has 4 amide bonds. The highest BCUT2D eigenvalue weighted by Gasteiger charge is 2.76. The Hall–Kier alpha value is -4.16. The van der Waals surface area contributed by atoms with Gasteiger partial charge < -0.3 is 14.6 Å². The number of alkyl halides is 2. The number of fused-ring (bicyclic) bond motifs is 4. The maximum atomic E-state index is 14.0. The number of methoxy groups -OCH3 is 2. The van der Waals surface area contributed by atoms with Crippen LogP contribution >= 0.6 is 23.2 Å². The Morgan fingerprint density at radius 1 is 1.00 bits per heavy atom. The normalized spacial score (nSPS) is 31.4. The molecule has 2 saturated heterocycles. The fraction of sp³-hybridized carbons (Fsp3) is 0.379. The van der Waals surface area contributed by atoms with Gasteiger partial charge >= 0.3 is 0 Å². The second-order valence-corrected chi connectivity index (χ2v) is 12.3. The number of hydrogen-bond donors (Lipinski definition) is 1. The minimum atomic E-state index is -2.11. The number of aromatic hydroxyl groups is 1. The Bertz CT molecular complexity index is 1660.